The van der Waals surface area contributed by atoms with Crippen LogP contribution in [0, 0.1) is 6.92 Å². The van der Waals surface area contributed by atoms with Gasteiger partial charge in [0.05, 0.1) is 30.6 Å². The molecule has 0 aliphatic carbocycles. The molecule has 7 heteroatoms. The summed E-state index contributed by atoms with van der Waals surface area (Å²) >= 11 is 0. The SMILES string of the molecule is CCOC(=O)c1cc(OC2CN(C(=O)N(C)C)C2)c2cc(C)oc2c1. The van der Waals surface area contributed by atoms with Gasteiger partial charge in [-0.1, -0.05) is 0 Å². The number of esters is 1. The summed E-state index contributed by atoms with van der Waals surface area (Å²) < 4.78 is 16.7. The van der Waals surface area contributed by atoms with E-state index in [0.29, 0.717) is 36.6 Å². The van der Waals surface area contributed by atoms with Crippen LogP contribution in [0.5, 0.6) is 5.75 Å². The van der Waals surface area contributed by atoms with Crippen molar-refractivity contribution in [2.24, 2.45) is 0 Å². The van der Waals surface area contributed by atoms with Crippen molar-refractivity contribution < 1.29 is 23.5 Å². The van der Waals surface area contributed by atoms with Gasteiger partial charge in [-0.3, -0.25) is 0 Å². The molecule has 0 unspecified atom stereocenters. The highest BCUT2D eigenvalue weighted by molar-refractivity contribution is 5.96. The molecule has 0 saturated carbocycles. The molecule has 0 N–H and O–H groups in total. The van der Waals surface area contributed by atoms with Crippen molar-refractivity contribution in [1.29, 1.82) is 0 Å². The number of carbonyl (C=O) groups is 2. The molecule has 2 heterocycles. The van der Waals surface area contributed by atoms with E-state index in [1.807, 2.05) is 13.0 Å². The molecule has 2 aromatic rings. The number of aryl methyl sites for hydroxylation is 1. The lowest BCUT2D eigenvalue weighted by Crippen LogP contribution is -2.58. The minimum absolute atomic E-state index is 0.0376. The van der Waals surface area contributed by atoms with Crippen LogP contribution >= 0.6 is 0 Å². The van der Waals surface area contributed by atoms with E-state index in [1.54, 1.807) is 38.1 Å². The Bertz CT molecular complexity index is 805. The van der Waals surface area contributed by atoms with Crippen LogP contribution < -0.4 is 4.74 Å². The fourth-order valence-electron chi connectivity index (χ4n) is 2.79. The van der Waals surface area contributed by atoms with Crippen molar-refractivity contribution in [3.63, 3.8) is 0 Å². The largest absolute Gasteiger partial charge is 0.486 e. The summed E-state index contributed by atoms with van der Waals surface area (Å²) in [5.41, 5.74) is 0.970. The number of urea groups is 1. The van der Waals surface area contributed by atoms with Gasteiger partial charge in [0, 0.05) is 14.1 Å². The number of furan rings is 1. The molecule has 25 heavy (non-hydrogen) atoms. The Balaban J connectivity index is 1.81. The first kappa shape index (κ1) is 17.1. The van der Waals surface area contributed by atoms with Gasteiger partial charge in [0.2, 0.25) is 0 Å². The lowest BCUT2D eigenvalue weighted by Gasteiger charge is -2.40. The van der Waals surface area contributed by atoms with Crippen LogP contribution in [0.25, 0.3) is 11.0 Å². The molecule has 1 fully saturated rings. The molecule has 0 radical (unpaired) electrons. The maximum absolute atomic E-state index is 12.1. The first-order chi connectivity index (χ1) is 11.9. The number of ether oxygens (including phenoxy) is 2. The Morgan fingerprint density at radius 2 is 2.00 bits per heavy atom. The standard InChI is InChI=1S/C18H22N2O5/c1-5-23-17(21)12-7-15-14(6-11(2)24-15)16(8-12)25-13-9-20(10-13)18(22)19(3)4/h6-8,13H,5,9-10H2,1-4H3. The van der Waals surface area contributed by atoms with Crippen LogP contribution in [-0.2, 0) is 4.74 Å². The number of nitrogens with zero attached hydrogens (tertiary/aromatic N) is 2. The van der Waals surface area contributed by atoms with E-state index < -0.39 is 5.97 Å². The molecular weight excluding hydrogens is 324 g/mol. The second-order valence-electron chi connectivity index (χ2n) is 6.29. The number of carbonyl (C=O) groups excluding carboxylic acids is 2. The number of fused-ring (bicyclic) bond motifs is 1. The Hall–Kier alpha value is -2.70. The average molecular weight is 346 g/mol. The summed E-state index contributed by atoms with van der Waals surface area (Å²) in [5.74, 6) is 0.888. The lowest BCUT2D eigenvalue weighted by molar-refractivity contribution is 0.0363. The van der Waals surface area contributed by atoms with Gasteiger partial charge in [-0.05, 0) is 32.0 Å². The molecule has 0 atom stereocenters. The molecule has 1 saturated heterocycles. The van der Waals surface area contributed by atoms with Crippen LogP contribution in [0.15, 0.2) is 22.6 Å². The maximum atomic E-state index is 12.1. The Kier molecular flexibility index (Phi) is 4.57. The van der Waals surface area contributed by atoms with Crippen molar-refractivity contribution in [3.8, 4) is 5.75 Å². The maximum Gasteiger partial charge on any atom is 0.338 e. The molecule has 7 nitrogen and oxygen atoms in total. The molecule has 3 rings (SSSR count). The third kappa shape index (κ3) is 3.40. The van der Waals surface area contributed by atoms with Crippen molar-refractivity contribution in [1.82, 2.24) is 9.80 Å². The fraction of sp³-hybridized carbons (Fsp3) is 0.444. The van der Waals surface area contributed by atoms with Gasteiger partial charge < -0.3 is 23.7 Å². The quantitative estimate of drug-likeness (QED) is 0.796. The van der Waals surface area contributed by atoms with E-state index in [4.69, 9.17) is 13.9 Å². The zero-order valence-corrected chi connectivity index (χ0v) is 14.9. The first-order valence-electron chi connectivity index (χ1n) is 8.23. The predicted octanol–water partition coefficient (Wildman–Crippen LogP) is 2.66. The van der Waals surface area contributed by atoms with Gasteiger partial charge in [-0.15, -0.1) is 0 Å². The molecule has 1 aliphatic heterocycles. The van der Waals surface area contributed by atoms with Gasteiger partial charge in [-0.25, -0.2) is 9.59 Å². The Morgan fingerprint density at radius 1 is 1.28 bits per heavy atom. The summed E-state index contributed by atoms with van der Waals surface area (Å²) in [6, 6.07) is 5.17. The van der Waals surface area contributed by atoms with E-state index in [9.17, 15) is 9.59 Å². The van der Waals surface area contributed by atoms with Gasteiger partial charge >= 0.3 is 12.0 Å². The number of rotatable bonds is 4. The van der Waals surface area contributed by atoms with Crippen LogP contribution in [0.2, 0.25) is 0 Å². The predicted molar refractivity (Wildman–Crippen MR) is 92.0 cm³/mol. The smallest absolute Gasteiger partial charge is 0.338 e. The number of likely N-dealkylation sites (tertiary alicyclic amines) is 1. The fourth-order valence-corrected chi connectivity index (χ4v) is 2.79. The van der Waals surface area contributed by atoms with E-state index >= 15 is 0 Å². The number of hydrogen-bond acceptors (Lipinski definition) is 5. The molecule has 0 bridgehead atoms. The van der Waals surface area contributed by atoms with Crippen LogP contribution in [-0.4, -0.2) is 61.7 Å². The second kappa shape index (κ2) is 6.66. The highest BCUT2D eigenvalue weighted by Crippen LogP contribution is 2.32. The lowest BCUT2D eigenvalue weighted by atomic mass is 10.1. The molecule has 2 amide bonds. The van der Waals surface area contributed by atoms with E-state index in [2.05, 4.69) is 0 Å². The topological polar surface area (TPSA) is 72.2 Å². The first-order valence-corrected chi connectivity index (χ1v) is 8.23. The van der Waals surface area contributed by atoms with Gasteiger partial charge in [0.1, 0.15) is 23.2 Å². The van der Waals surface area contributed by atoms with Crippen LogP contribution in [0.1, 0.15) is 23.0 Å². The highest BCUT2D eigenvalue weighted by Gasteiger charge is 2.33. The summed E-state index contributed by atoms with van der Waals surface area (Å²) in [7, 11) is 3.44. The highest BCUT2D eigenvalue weighted by atomic mass is 16.5. The monoisotopic (exact) mass is 346 g/mol. The summed E-state index contributed by atoms with van der Waals surface area (Å²) in [5, 5.41) is 0.808. The van der Waals surface area contributed by atoms with E-state index in [0.717, 1.165) is 11.1 Å². The van der Waals surface area contributed by atoms with Gasteiger partial charge in [-0.2, -0.15) is 0 Å². The summed E-state index contributed by atoms with van der Waals surface area (Å²) in [6.45, 7) is 4.93. The van der Waals surface area contributed by atoms with E-state index in [-0.39, 0.29) is 12.1 Å². The van der Waals surface area contributed by atoms with Gasteiger partial charge in [0.25, 0.3) is 0 Å². The molecular formula is C18H22N2O5. The second-order valence-corrected chi connectivity index (χ2v) is 6.29. The molecule has 0 spiro atoms. The normalized spacial score (nSPS) is 14.3. The third-order valence-electron chi connectivity index (χ3n) is 4.03. The minimum atomic E-state index is -0.415. The summed E-state index contributed by atoms with van der Waals surface area (Å²) in [6.07, 6.45) is -0.111. The Morgan fingerprint density at radius 3 is 2.64 bits per heavy atom. The zero-order chi connectivity index (χ0) is 18.1. The number of benzene rings is 1. The Labute approximate surface area is 146 Å². The van der Waals surface area contributed by atoms with Crippen molar-refractivity contribution in [2.75, 3.05) is 33.8 Å². The molecule has 1 aromatic heterocycles. The molecule has 1 aromatic carbocycles. The minimum Gasteiger partial charge on any atom is -0.486 e. The average Bonchev–Trinajstić information content (AvgIpc) is 2.90. The van der Waals surface area contributed by atoms with Crippen LogP contribution in [0.4, 0.5) is 4.79 Å². The molecule has 134 valence electrons. The number of hydrogen-bond donors (Lipinski definition) is 0. The third-order valence-corrected chi connectivity index (χ3v) is 4.03. The zero-order valence-electron chi connectivity index (χ0n) is 14.9. The van der Waals surface area contributed by atoms with Crippen molar-refractivity contribution >= 4 is 23.0 Å². The molecule has 1 aliphatic rings. The van der Waals surface area contributed by atoms with Crippen molar-refractivity contribution in [3.05, 3.63) is 29.5 Å². The van der Waals surface area contributed by atoms with Gasteiger partial charge in [0.15, 0.2) is 0 Å². The number of amides is 2. The van der Waals surface area contributed by atoms with Crippen LogP contribution in [0.3, 0.4) is 0 Å². The van der Waals surface area contributed by atoms with E-state index in [1.165, 1.54) is 4.90 Å². The summed E-state index contributed by atoms with van der Waals surface area (Å²) in [4.78, 5) is 27.2. The van der Waals surface area contributed by atoms with Crippen molar-refractivity contribution in [2.45, 2.75) is 20.0 Å².